The van der Waals surface area contributed by atoms with Crippen molar-refractivity contribution in [2.45, 2.75) is 47.1 Å². The minimum Gasteiger partial charge on any atom is -0.480 e. The Morgan fingerprint density at radius 3 is 2.19 bits per heavy atom. The Labute approximate surface area is 181 Å². The molecule has 0 radical (unpaired) electrons. The monoisotopic (exact) mass is 430 g/mol. The molecule has 5 nitrogen and oxygen atoms in total. The molecule has 0 aromatic heterocycles. The Morgan fingerprint density at radius 2 is 1.68 bits per heavy atom. The van der Waals surface area contributed by atoms with Crippen LogP contribution in [0.4, 0.5) is 14.5 Å². The van der Waals surface area contributed by atoms with Crippen LogP contribution in [0.1, 0.15) is 43.9 Å². The molecule has 7 heteroatoms. The lowest BCUT2D eigenvalue weighted by Crippen LogP contribution is -2.30. The second kappa shape index (κ2) is 10.2. The zero-order chi connectivity index (χ0) is 23.3. The largest absolute Gasteiger partial charge is 0.480 e. The summed E-state index contributed by atoms with van der Waals surface area (Å²) in [6, 6.07) is 7.35. The van der Waals surface area contributed by atoms with Crippen molar-refractivity contribution < 1.29 is 23.5 Å². The van der Waals surface area contributed by atoms with E-state index in [2.05, 4.69) is 10.6 Å². The van der Waals surface area contributed by atoms with Gasteiger partial charge in [-0.2, -0.15) is 0 Å². The predicted octanol–water partition coefficient (Wildman–Crippen LogP) is 5.06. The van der Waals surface area contributed by atoms with E-state index in [4.69, 9.17) is 5.11 Å². The molecule has 2 aromatic carbocycles. The van der Waals surface area contributed by atoms with Gasteiger partial charge < -0.3 is 15.7 Å². The summed E-state index contributed by atoms with van der Waals surface area (Å²) in [5, 5.41) is 14.2. The SMILES string of the molecule is CCC(=Cc1c(C)c(F)c(-c2ccc(NC(C)C)cc2)c(C)c1F)C(=O)NCC(=O)O. The third kappa shape index (κ3) is 5.69. The fourth-order valence-electron chi connectivity index (χ4n) is 3.30. The summed E-state index contributed by atoms with van der Waals surface area (Å²) in [4.78, 5) is 22.9. The zero-order valence-corrected chi connectivity index (χ0v) is 18.4. The molecular formula is C24H28F2N2O3. The van der Waals surface area contributed by atoms with Crippen molar-refractivity contribution in [3.8, 4) is 11.1 Å². The van der Waals surface area contributed by atoms with E-state index in [1.165, 1.54) is 19.9 Å². The van der Waals surface area contributed by atoms with Gasteiger partial charge in [0.2, 0.25) is 5.91 Å². The van der Waals surface area contributed by atoms with E-state index in [0.29, 0.717) is 5.56 Å². The Balaban J connectivity index is 2.50. The van der Waals surface area contributed by atoms with E-state index in [0.717, 1.165) is 5.69 Å². The molecular weight excluding hydrogens is 402 g/mol. The molecule has 0 aliphatic heterocycles. The fourth-order valence-corrected chi connectivity index (χ4v) is 3.30. The van der Waals surface area contributed by atoms with Crippen LogP contribution in [0.25, 0.3) is 17.2 Å². The van der Waals surface area contributed by atoms with Crippen LogP contribution in [-0.4, -0.2) is 29.6 Å². The first-order valence-electron chi connectivity index (χ1n) is 10.1. The molecule has 0 saturated carbocycles. The van der Waals surface area contributed by atoms with Gasteiger partial charge in [-0.1, -0.05) is 19.1 Å². The van der Waals surface area contributed by atoms with Crippen molar-refractivity contribution in [1.29, 1.82) is 0 Å². The van der Waals surface area contributed by atoms with Crippen LogP contribution in [0.3, 0.4) is 0 Å². The summed E-state index contributed by atoms with van der Waals surface area (Å²) in [5.74, 6) is -2.99. The number of anilines is 1. The highest BCUT2D eigenvalue weighted by atomic mass is 19.1. The summed E-state index contributed by atoms with van der Waals surface area (Å²) in [5.41, 5.74) is 1.99. The van der Waals surface area contributed by atoms with E-state index in [9.17, 15) is 9.59 Å². The molecule has 0 heterocycles. The lowest BCUT2D eigenvalue weighted by molar-refractivity contribution is -0.137. The molecule has 31 heavy (non-hydrogen) atoms. The smallest absolute Gasteiger partial charge is 0.322 e. The first-order chi connectivity index (χ1) is 14.6. The first kappa shape index (κ1) is 24.1. The molecule has 2 rings (SSSR count). The lowest BCUT2D eigenvalue weighted by Gasteiger charge is -2.16. The molecule has 0 atom stereocenters. The Morgan fingerprint density at radius 1 is 1.06 bits per heavy atom. The maximum absolute atomic E-state index is 15.3. The van der Waals surface area contributed by atoms with Gasteiger partial charge in [-0.05, 0) is 69.0 Å². The number of carbonyl (C=O) groups excluding carboxylic acids is 1. The molecule has 166 valence electrons. The van der Waals surface area contributed by atoms with Gasteiger partial charge in [0.1, 0.15) is 18.2 Å². The number of nitrogens with one attached hydrogen (secondary N) is 2. The average molecular weight is 430 g/mol. The van der Waals surface area contributed by atoms with Crippen molar-refractivity contribution in [3.63, 3.8) is 0 Å². The van der Waals surface area contributed by atoms with E-state index in [-0.39, 0.29) is 40.3 Å². The number of rotatable bonds is 8. The summed E-state index contributed by atoms with van der Waals surface area (Å²) in [6.45, 7) is 8.12. The second-order valence-electron chi connectivity index (χ2n) is 7.64. The number of hydrogen-bond acceptors (Lipinski definition) is 3. The van der Waals surface area contributed by atoms with Gasteiger partial charge in [-0.3, -0.25) is 9.59 Å². The third-order valence-corrected chi connectivity index (χ3v) is 4.91. The van der Waals surface area contributed by atoms with Crippen LogP contribution in [0.2, 0.25) is 0 Å². The van der Waals surface area contributed by atoms with Crippen LogP contribution in [0.15, 0.2) is 29.8 Å². The minimum atomic E-state index is -1.19. The van der Waals surface area contributed by atoms with Crippen LogP contribution >= 0.6 is 0 Å². The predicted molar refractivity (Wildman–Crippen MR) is 119 cm³/mol. The fraction of sp³-hybridized carbons (Fsp3) is 0.333. The van der Waals surface area contributed by atoms with Gasteiger partial charge in [0.15, 0.2) is 0 Å². The highest BCUT2D eigenvalue weighted by Crippen LogP contribution is 2.35. The van der Waals surface area contributed by atoms with Crippen molar-refractivity contribution in [3.05, 3.63) is 58.2 Å². The summed E-state index contributed by atoms with van der Waals surface area (Å²) in [6.07, 6.45) is 1.52. The molecule has 0 spiro atoms. The molecule has 0 fully saturated rings. The van der Waals surface area contributed by atoms with Crippen molar-refractivity contribution in [2.75, 3.05) is 11.9 Å². The Kier molecular flexibility index (Phi) is 7.91. The number of carboxylic acids is 1. The number of hydrogen-bond donors (Lipinski definition) is 3. The maximum Gasteiger partial charge on any atom is 0.322 e. The standard InChI is InChI=1S/C24H28F2N2O3/c1-6-16(24(31)27-12-20(29)30)11-19-14(4)23(26)21(15(5)22(19)25)17-7-9-18(10-8-17)28-13(2)3/h7-11,13,28H,6,12H2,1-5H3,(H,27,31)(H,29,30). The first-order valence-corrected chi connectivity index (χ1v) is 10.1. The lowest BCUT2D eigenvalue weighted by atomic mass is 9.92. The Hall–Kier alpha value is -3.22. The van der Waals surface area contributed by atoms with Crippen LogP contribution in [-0.2, 0) is 9.59 Å². The molecule has 0 aliphatic rings. The van der Waals surface area contributed by atoms with Crippen molar-refractivity contribution >= 4 is 23.6 Å². The highest BCUT2D eigenvalue weighted by Gasteiger charge is 2.21. The maximum atomic E-state index is 15.3. The number of carboxylic acid groups (broad SMARTS) is 1. The number of carbonyl (C=O) groups is 2. The van der Waals surface area contributed by atoms with E-state index < -0.39 is 30.1 Å². The molecule has 0 unspecified atom stereocenters. The van der Waals surface area contributed by atoms with Gasteiger partial charge in [0.25, 0.3) is 0 Å². The molecule has 3 N–H and O–H groups in total. The van der Waals surface area contributed by atoms with Crippen molar-refractivity contribution in [2.24, 2.45) is 0 Å². The molecule has 0 aliphatic carbocycles. The summed E-state index contributed by atoms with van der Waals surface area (Å²) < 4.78 is 30.6. The number of amides is 1. The van der Waals surface area contributed by atoms with Gasteiger partial charge in [0, 0.05) is 28.4 Å². The van der Waals surface area contributed by atoms with Gasteiger partial charge >= 0.3 is 5.97 Å². The van der Waals surface area contributed by atoms with E-state index in [1.54, 1.807) is 19.1 Å². The number of aliphatic carboxylic acids is 1. The molecule has 1 amide bonds. The third-order valence-electron chi connectivity index (χ3n) is 4.91. The van der Waals surface area contributed by atoms with E-state index >= 15 is 8.78 Å². The normalized spacial score (nSPS) is 11.5. The average Bonchev–Trinajstić information content (AvgIpc) is 2.71. The van der Waals surface area contributed by atoms with Crippen molar-refractivity contribution in [1.82, 2.24) is 5.32 Å². The summed E-state index contributed by atoms with van der Waals surface area (Å²) in [7, 11) is 0. The molecule has 2 aromatic rings. The highest BCUT2D eigenvalue weighted by molar-refractivity contribution is 5.99. The second-order valence-corrected chi connectivity index (χ2v) is 7.64. The number of halogens is 2. The van der Waals surface area contributed by atoms with Crippen LogP contribution in [0, 0.1) is 25.5 Å². The number of benzene rings is 2. The molecule has 0 bridgehead atoms. The Bertz CT molecular complexity index is 983. The zero-order valence-electron chi connectivity index (χ0n) is 18.4. The minimum absolute atomic E-state index is 0.0147. The van der Waals surface area contributed by atoms with E-state index in [1.807, 2.05) is 26.0 Å². The van der Waals surface area contributed by atoms with Gasteiger partial charge in [-0.15, -0.1) is 0 Å². The topological polar surface area (TPSA) is 78.4 Å². The van der Waals surface area contributed by atoms with Gasteiger partial charge in [-0.25, -0.2) is 8.78 Å². The van der Waals surface area contributed by atoms with Gasteiger partial charge in [0.05, 0.1) is 0 Å². The molecule has 0 saturated heterocycles. The quantitative estimate of drug-likeness (QED) is 0.512. The van der Waals surface area contributed by atoms with Crippen LogP contribution < -0.4 is 10.6 Å². The van der Waals surface area contributed by atoms with Crippen LogP contribution in [0.5, 0.6) is 0 Å². The summed E-state index contributed by atoms with van der Waals surface area (Å²) >= 11 is 0.